The SMILES string of the molecule is CCCCCC(=O)CCCCC=CCCCCCC(=O)OC. The molecule has 3 nitrogen and oxygen atoms in total. The molecule has 0 unspecified atom stereocenters. The van der Waals surface area contributed by atoms with Crippen LogP contribution < -0.4 is 0 Å². The van der Waals surface area contributed by atoms with Crippen molar-refractivity contribution in [2.75, 3.05) is 7.11 Å². The molecule has 0 amide bonds. The summed E-state index contributed by atoms with van der Waals surface area (Å²) in [5.74, 6) is 0.322. The van der Waals surface area contributed by atoms with E-state index in [1.807, 2.05) is 0 Å². The van der Waals surface area contributed by atoms with Gasteiger partial charge in [0.15, 0.2) is 0 Å². The van der Waals surface area contributed by atoms with E-state index >= 15 is 0 Å². The highest BCUT2D eigenvalue weighted by atomic mass is 16.5. The highest BCUT2D eigenvalue weighted by Crippen LogP contribution is 2.08. The summed E-state index contributed by atoms with van der Waals surface area (Å²) in [6.07, 6.45) is 17.3. The van der Waals surface area contributed by atoms with Gasteiger partial charge in [-0.05, 0) is 44.9 Å². The van der Waals surface area contributed by atoms with E-state index in [1.165, 1.54) is 20.0 Å². The molecular weight excluding hydrogens is 276 g/mol. The van der Waals surface area contributed by atoms with Crippen LogP contribution in [0.25, 0.3) is 0 Å². The minimum atomic E-state index is -0.111. The number of esters is 1. The molecule has 0 spiro atoms. The molecule has 0 aliphatic heterocycles. The van der Waals surface area contributed by atoms with Gasteiger partial charge in [-0.15, -0.1) is 0 Å². The minimum Gasteiger partial charge on any atom is -0.469 e. The van der Waals surface area contributed by atoms with E-state index < -0.39 is 0 Å². The van der Waals surface area contributed by atoms with Gasteiger partial charge >= 0.3 is 5.97 Å². The number of ketones is 1. The highest BCUT2D eigenvalue weighted by Gasteiger charge is 2.00. The molecule has 0 rings (SSSR count). The smallest absolute Gasteiger partial charge is 0.305 e. The lowest BCUT2D eigenvalue weighted by Gasteiger charge is -2.00. The number of hydrogen-bond donors (Lipinski definition) is 0. The zero-order chi connectivity index (χ0) is 16.5. The number of rotatable bonds is 15. The number of carbonyl (C=O) groups is 2. The topological polar surface area (TPSA) is 43.4 Å². The number of unbranched alkanes of at least 4 members (excludes halogenated alkanes) is 7. The first-order valence-electron chi connectivity index (χ1n) is 8.94. The maximum Gasteiger partial charge on any atom is 0.305 e. The van der Waals surface area contributed by atoms with Gasteiger partial charge < -0.3 is 4.74 Å². The third kappa shape index (κ3) is 15.3. The number of carbonyl (C=O) groups excluding carboxylic acids is 2. The molecule has 0 saturated heterocycles. The molecule has 0 N–H and O–H groups in total. The lowest BCUT2D eigenvalue weighted by Crippen LogP contribution is -1.98. The molecule has 0 saturated carbocycles. The third-order valence-electron chi connectivity index (χ3n) is 3.78. The largest absolute Gasteiger partial charge is 0.469 e. The van der Waals surface area contributed by atoms with Crippen molar-refractivity contribution in [3.63, 3.8) is 0 Å². The van der Waals surface area contributed by atoms with Gasteiger partial charge in [0.2, 0.25) is 0 Å². The van der Waals surface area contributed by atoms with Crippen molar-refractivity contribution < 1.29 is 14.3 Å². The van der Waals surface area contributed by atoms with Crippen LogP contribution in [0.15, 0.2) is 12.2 Å². The first kappa shape index (κ1) is 20.9. The summed E-state index contributed by atoms with van der Waals surface area (Å²) in [6.45, 7) is 2.16. The zero-order valence-electron chi connectivity index (χ0n) is 14.6. The summed E-state index contributed by atoms with van der Waals surface area (Å²) >= 11 is 0. The lowest BCUT2D eigenvalue weighted by molar-refractivity contribution is -0.140. The van der Waals surface area contributed by atoms with E-state index in [9.17, 15) is 9.59 Å². The quantitative estimate of drug-likeness (QED) is 0.232. The summed E-state index contributed by atoms with van der Waals surface area (Å²) in [5, 5.41) is 0. The molecule has 3 heteroatoms. The first-order valence-corrected chi connectivity index (χ1v) is 8.94. The Kier molecular flexibility index (Phi) is 15.4. The summed E-state index contributed by atoms with van der Waals surface area (Å²) in [4.78, 5) is 22.5. The Balaban J connectivity index is 3.27. The van der Waals surface area contributed by atoms with Crippen LogP contribution in [0.4, 0.5) is 0 Å². The van der Waals surface area contributed by atoms with Crippen molar-refractivity contribution in [1.29, 1.82) is 0 Å². The molecule has 0 aromatic heterocycles. The summed E-state index contributed by atoms with van der Waals surface area (Å²) in [7, 11) is 1.43. The van der Waals surface area contributed by atoms with Gasteiger partial charge in [-0.25, -0.2) is 0 Å². The molecular formula is C19H34O3. The van der Waals surface area contributed by atoms with Gasteiger partial charge in [0.05, 0.1) is 7.11 Å². The van der Waals surface area contributed by atoms with Crippen molar-refractivity contribution in [2.45, 2.75) is 90.4 Å². The molecule has 0 fully saturated rings. The van der Waals surface area contributed by atoms with Crippen molar-refractivity contribution in [3.05, 3.63) is 12.2 Å². The fraction of sp³-hybridized carbons (Fsp3) is 0.789. The van der Waals surface area contributed by atoms with Gasteiger partial charge in [-0.1, -0.05) is 38.3 Å². The van der Waals surface area contributed by atoms with E-state index in [0.29, 0.717) is 12.2 Å². The highest BCUT2D eigenvalue weighted by molar-refractivity contribution is 5.78. The molecule has 0 aliphatic carbocycles. The number of Topliss-reactive ketones (excluding diaryl/α,β-unsaturated/α-hetero) is 1. The van der Waals surface area contributed by atoms with E-state index in [1.54, 1.807) is 0 Å². The molecule has 0 radical (unpaired) electrons. The number of ether oxygens (including phenoxy) is 1. The average molecular weight is 310 g/mol. The molecule has 0 aromatic carbocycles. The standard InChI is InChI=1S/C19H34O3/c1-3-4-12-15-18(20)16-13-10-8-6-5-7-9-11-14-17-19(21)22-2/h5-6H,3-4,7-17H2,1-2H3. The Hall–Kier alpha value is -1.12. The van der Waals surface area contributed by atoms with Gasteiger partial charge in [0.25, 0.3) is 0 Å². The van der Waals surface area contributed by atoms with Crippen LogP contribution in [0, 0.1) is 0 Å². The molecule has 0 atom stereocenters. The fourth-order valence-corrected chi connectivity index (χ4v) is 2.33. The van der Waals surface area contributed by atoms with Crippen molar-refractivity contribution in [2.24, 2.45) is 0 Å². The monoisotopic (exact) mass is 310 g/mol. The van der Waals surface area contributed by atoms with Crippen molar-refractivity contribution in [3.8, 4) is 0 Å². The van der Waals surface area contributed by atoms with Crippen molar-refractivity contribution >= 4 is 11.8 Å². The Labute approximate surface area is 136 Å². The second-order valence-corrected chi connectivity index (χ2v) is 5.89. The van der Waals surface area contributed by atoms with E-state index in [-0.39, 0.29) is 5.97 Å². The Bertz CT molecular complexity index is 308. The van der Waals surface area contributed by atoms with Crippen LogP contribution in [0.3, 0.4) is 0 Å². The normalized spacial score (nSPS) is 11.0. The molecule has 0 aliphatic rings. The molecule has 0 bridgehead atoms. The number of allylic oxidation sites excluding steroid dienone is 2. The Morgan fingerprint density at radius 3 is 1.91 bits per heavy atom. The second kappa shape index (κ2) is 16.3. The third-order valence-corrected chi connectivity index (χ3v) is 3.78. The van der Waals surface area contributed by atoms with Gasteiger partial charge in [0, 0.05) is 19.3 Å². The predicted octanol–water partition coefficient (Wildman–Crippen LogP) is 5.38. The zero-order valence-corrected chi connectivity index (χ0v) is 14.6. The average Bonchev–Trinajstić information content (AvgIpc) is 2.52. The van der Waals surface area contributed by atoms with E-state index in [2.05, 4.69) is 23.8 Å². The molecule has 128 valence electrons. The van der Waals surface area contributed by atoms with Crippen LogP contribution in [0.1, 0.15) is 90.4 Å². The van der Waals surface area contributed by atoms with Crippen LogP contribution >= 0.6 is 0 Å². The van der Waals surface area contributed by atoms with Gasteiger partial charge in [-0.2, -0.15) is 0 Å². The maximum absolute atomic E-state index is 11.6. The fourth-order valence-electron chi connectivity index (χ4n) is 2.33. The second-order valence-electron chi connectivity index (χ2n) is 5.89. The Morgan fingerprint density at radius 2 is 1.32 bits per heavy atom. The van der Waals surface area contributed by atoms with Gasteiger partial charge in [0.1, 0.15) is 5.78 Å². The first-order chi connectivity index (χ1) is 10.7. The molecule has 22 heavy (non-hydrogen) atoms. The van der Waals surface area contributed by atoms with Crippen molar-refractivity contribution in [1.82, 2.24) is 0 Å². The summed E-state index contributed by atoms with van der Waals surface area (Å²) in [6, 6.07) is 0. The van der Waals surface area contributed by atoms with E-state index in [0.717, 1.165) is 64.2 Å². The van der Waals surface area contributed by atoms with E-state index in [4.69, 9.17) is 0 Å². The van der Waals surface area contributed by atoms with Crippen LogP contribution in [-0.2, 0) is 14.3 Å². The van der Waals surface area contributed by atoms with Crippen LogP contribution in [-0.4, -0.2) is 18.9 Å². The van der Waals surface area contributed by atoms with Gasteiger partial charge in [-0.3, -0.25) is 9.59 Å². The number of hydrogen-bond acceptors (Lipinski definition) is 3. The maximum atomic E-state index is 11.6. The van der Waals surface area contributed by atoms with Crippen LogP contribution in [0.2, 0.25) is 0 Å². The summed E-state index contributed by atoms with van der Waals surface area (Å²) in [5.41, 5.74) is 0. The number of methoxy groups -OCH3 is 1. The molecule has 0 aromatic rings. The minimum absolute atomic E-state index is 0.111. The molecule has 0 heterocycles. The lowest BCUT2D eigenvalue weighted by atomic mass is 10.1. The predicted molar refractivity (Wildman–Crippen MR) is 91.9 cm³/mol. The Morgan fingerprint density at radius 1 is 0.773 bits per heavy atom. The summed E-state index contributed by atoms with van der Waals surface area (Å²) < 4.78 is 4.60. The van der Waals surface area contributed by atoms with Crippen LogP contribution in [0.5, 0.6) is 0 Å².